The first-order valence-corrected chi connectivity index (χ1v) is 9.46. The van der Waals surface area contributed by atoms with Crippen molar-refractivity contribution in [2.45, 2.75) is 19.3 Å². The Kier molecular flexibility index (Phi) is 6.76. The molecule has 2 aromatic rings. The smallest absolute Gasteiger partial charge is 0.271 e. The van der Waals surface area contributed by atoms with Crippen molar-refractivity contribution in [3.05, 3.63) is 52.6 Å². The Morgan fingerprint density at radius 3 is 3.00 bits per heavy atom. The van der Waals surface area contributed by atoms with Gasteiger partial charge in [0.15, 0.2) is 0 Å². The van der Waals surface area contributed by atoms with Gasteiger partial charge in [-0.15, -0.1) is 5.10 Å². The molecular weight excluding hydrogens is 363 g/mol. The van der Waals surface area contributed by atoms with Crippen molar-refractivity contribution < 1.29 is 13.9 Å². The third-order valence-electron chi connectivity index (χ3n) is 4.78. The summed E-state index contributed by atoms with van der Waals surface area (Å²) in [5, 5.41) is 7.35. The van der Waals surface area contributed by atoms with Gasteiger partial charge in [-0.2, -0.15) is 4.68 Å². The number of rotatable bonds is 7. The largest absolute Gasteiger partial charge is 0.385 e. The molecule has 1 fully saturated rings. The third-order valence-corrected chi connectivity index (χ3v) is 4.78. The molecule has 28 heavy (non-hydrogen) atoms. The quantitative estimate of drug-likeness (QED) is 0.732. The molecule has 2 heterocycles. The van der Waals surface area contributed by atoms with Crippen molar-refractivity contribution in [3.63, 3.8) is 0 Å². The van der Waals surface area contributed by atoms with Gasteiger partial charge in [0.25, 0.3) is 5.56 Å². The molecule has 1 amide bonds. The summed E-state index contributed by atoms with van der Waals surface area (Å²) >= 11 is 0. The van der Waals surface area contributed by atoms with Crippen LogP contribution in [-0.4, -0.2) is 49.0 Å². The maximum atomic E-state index is 13.5. The first-order chi connectivity index (χ1) is 13.6. The molecule has 0 saturated carbocycles. The molecule has 0 bridgehead atoms. The van der Waals surface area contributed by atoms with E-state index in [4.69, 9.17) is 4.74 Å². The highest BCUT2D eigenvalue weighted by molar-refractivity contribution is 5.79. The second-order valence-corrected chi connectivity index (χ2v) is 6.84. The van der Waals surface area contributed by atoms with Crippen molar-refractivity contribution in [1.29, 1.82) is 0 Å². The number of halogens is 1. The zero-order chi connectivity index (χ0) is 19.9. The molecule has 8 heteroatoms. The molecular formula is C20H25FN4O3. The van der Waals surface area contributed by atoms with Crippen LogP contribution in [0.15, 0.2) is 41.2 Å². The van der Waals surface area contributed by atoms with E-state index in [-0.39, 0.29) is 17.4 Å². The van der Waals surface area contributed by atoms with Gasteiger partial charge in [-0.3, -0.25) is 9.59 Å². The molecule has 3 rings (SSSR count). The average Bonchev–Trinajstić information content (AvgIpc) is 2.71. The number of carbonyl (C=O) groups excluding carboxylic acids is 1. The average molecular weight is 388 g/mol. The van der Waals surface area contributed by atoms with Crippen LogP contribution < -0.4 is 15.8 Å². The number of hydrogen-bond acceptors (Lipinski definition) is 5. The number of amides is 1. The Hall–Kier alpha value is -2.74. The minimum absolute atomic E-state index is 0.0271. The molecule has 7 nitrogen and oxygen atoms in total. The molecule has 1 aromatic heterocycles. The summed E-state index contributed by atoms with van der Waals surface area (Å²) in [7, 11) is 1.64. The molecule has 1 atom stereocenters. The molecule has 1 N–H and O–H groups in total. The number of nitrogens with one attached hydrogen (secondary N) is 1. The highest BCUT2D eigenvalue weighted by atomic mass is 19.1. The fraction of sp³-hybridized carbons (Fsp3) is 0.450. The van der Waals surface area contributed by atoms with Crippen molar-refractivity contribution in [2.24, 2.45) is 5.92 Å². The van der Waals surface area contributed by atoms with E-state index in [2.05, 4.69) is 10.4 Å². The summed E-state index contributed by atoms with van der Waals surface area (Å²) in [6.07, 6.45) is 2.45. The van der Waals surface area contributed by atoms with E-state index >= 15 is 0 Å². The number of piperidine rings is 1. The Balaban J connectivity index is 1.72. The lowest BCUT2D eigenvalue weighted by molar-refractivity contribution is -0.125. The molecule has 1 aromatic carbocycles. The van der Waals surface area contributed by atoms with Crippen LogP contribution in [0.2, 0.25) is 0 Å². The van der Waals surface area contributed by atoms with Gasteiger partial charge in [-0.25, -0.2) is 4.39 Å². The van der Waals surface area contributed by atoms with E-state index < -0.39 is 5.82 Å². The van der Waals surface area contributed by atoms with Crippen LogP contribution >= 0.6 is 0 Å². The summed E-state index contributed by atoms with van der Waals surface area (Å²) in [5.74, 6) is 0.0624. The number of methoxy groups -OCH3 is 1. The maximum absolute atomic E-state index is 13.5. The lowest BCUT2D eigenvalue weighted by Crippen LogP contribution is -2.44. The maximum Gasteiger partial charge on any atom is 0.271 e. The topological polar surface area (TPSA) is 76.5 Å². The van der Waals surface area contributed by atoms with Gasteiger partial charge in [0.1, 0.15) is 11.6 Å². The van der Waals surface area contributed by atoms with E-state index in [1.807, 2.05) is 4.90 Å². The summed E-state index contributed by atoms with van der Waals surface area (Å²) in [5.41, 5.74) is 0.0371. The van der Waals surface area contributed by atoms with Crippen molar-refractivity contribution in [2.75, 3.05) is 38.3 Å². The molecule has 150 valence electrons. The first-order valence-electron chi connectivity index (χ1n) is 9.46. The summed E-state index contributed by atoms with van der Waals surface area (Å²) < 4.78 is 19.7. The second kappa shape index (κ2) is 9.45. The van der Waals surface area contributed by atoms with E-state index in [0.717, 1.165) is 25.8 Å². The Bertz CT molecular complexity index is 871. The zero-order valence-corrected chi connectivity index (χ0v) is 15.9. The van der Waals surface area contributed by atoms with Crippen LogP contribution in [0.3, 0.4) is 0 Å². The number of benzene rings is 1. The minimum Gasteiger partial charge on any atom is -0.385 e. The van der Waals surface area contributed by atoms with Crippen molar-refractivity contribution >= 4 is 11.7 Å². The van der Waals surface area contributed by atoms with Gasteiger partial charge in [0.05, 0.1) is 11.6 Å². The number of nitrogens with zero attached hydrogens (tertiary/aromatic N) is 3. The molecule has 1 saturated heterocycles. The molecule has 1 aliphatic heterocycles. The highest BCUT2D eigenvalue weighted by Gasteiger charge is 2.26. The van der Waals surface area contributed by atoms with Gasteiger partial charge in [-0.05, 0) is 43.5 Å². The van der Waals surface area contributed by atoms with Crippen LogP contribution in [-0.2, 0) is 9.53 Å². The molecule has 1 aliphatic rings. The number of aromatic nitrogens is 2. The number of anilines is 1. The Morgan fingerprint density at radius 2 is 2.21 bits per heavy atom. The van der Waals surface area contributed by atoms with Gasteiger partial charge in [0.2, 0.25) is 5.91 Å². The van der Waals surface area contributed by atoms with Gasteiger partial charge in [0, 0.05) is 39.4 Å². The molecule has 0 radical (unpaired) electrons. The Morgan fingerprint density at radius 1 is 1.36 bits per heavy atom. The van der Waals surface area contributed by atoms with Crippen LogP contribution in [0.4, 0.5) is 10.2 Å². The fourth-order valence-electron chi connectivity index (χ4n) is 3.33. The van der Waals surface area contributed by atoms with E-state index in [0.29, 0.717) is 31.2 Å². The van der Waals surface area contributed by atoms with Crippen LogP contribution in [0, 0.1) is 11.7 Å². The standard InChI is InChI=1S/C20H25FN4O3/c1-28-12-4-10-22-20(27)15-5-3-11-24(14-15)18-8-9-19(26)25(23-18)17-7-2-6-16(21)13-17/h2,6-9,13,15H,3-5,10-12,14H2,1H3,(H,22,27). The third kappa shape index (κ3) is 4.95. The summed E-state index contributed by atoms with van der Waals surface area (Å²) in [6, 6.07) is 8.83. The van der Waals surface area contributed by atoms with Crippen molar-refractivity contribution in [1.82, 2.24) is 15.1 Å². The predicted molar refractivity (Wildman–Crippen MR) is 104 cm³/mol. The SMILES string of the molecule is COCCCNC(=O)C1CCCN(c2ccc(=O)n(-c3cccc(F)c3)n2)C1. The van der Waals surface area contributed by atoms with E-state index in [1.165, 1.54) is 28.9 Å². The van der Waals surface area contributed by atoms with E-state index in [1.54, 1.807) is 19.2 Å². The number of carbonyl (C=O) groups is 1. The van der Waals surface area contributed by atoms with Gasteiger partial charge in [-0.1, -0.05) is 6.07 Å². The van der Waals surface area contributed by atoms with Crippen LogP contribution in [0.1, 0.15) is 19.3 Å². The van der Waals surface area contributed by atoms with E-state index in [9.17, 15) is 14.0 Å². The zero-order valence-electron chi connectivity index (χ0n) is 15.9. The number of hydrogen-bond donors (Lipinski definition) is 1. The highest BCUT2D eigenvalue weighted by Crippen LogP contribution is 2.21. The summed E-state index contributed by atoms with van der Waals surface area (Å²) in [6.45, 7) is 2.49. The second-order valence-electron chi connectivity index (χ2n) is 6.84. The Labute approximate surface area is 163 Å². The lowest BCUT2D eigenvalue weighted by Gasteiger charge is -2.32. The molecule has 0 spiro atoms. The monoisotopic (exact) mass is 388 g/mol. The molecule has 0 aliphatic carbocycles. The van der Waals surface area contributed by atoms with Gasteiger partial charge < -0.3 is 15.0 Å². The number of ether oxygens (including phenoxy) is 1. The fourth-order valence-corrected chi connectivity index (χ4v) is 3.33. The normalized spacial score (nSPS) is 16.8. The summed E-state index contributed by atoms with van der Waals surface area (Å²) in [4.78, 5) is 26.6. The van der Waals surface area contributed by atoms with Crippen LogP contribution in [0.25, 0.3) is 5.69 Å². The van der Waals surface area contributed by atoms with Crippen LogP contribution in [0.5, 0.6) is 0 Å². The minimum atomic E-state index is -0.431. The van der Waals surface area contributed by atoms with Gasteiger partial charge >= 0.3 is 0 Å². The van der Waals surface area contributed by atoms with Crippen molar-refractivity contribution in [3.8, 4) is 5.69 Å². The lowest BCUT2D eigenvalue weighted by atomic mass is 9.97. The predicted octanol–water partition coefficient (Wildman–Crippen LogP) is 1.74. The molecule has 1 unspecified atom stereocenters. The first kappa shape index (κ1) is 20.0.